The molecule has 0 atom stereocenters. The van der Waals surface area contributed by atoms with Gasteiger partial charge < -0.3 is 19.5 Å². The van der Waals surface area contributed by atoms with Gasteiger partial charge in [-0.3, -0.25) is 4.79 Å². The number of benzene rings is 3. The molecule has 0 aliphatic rings. The van der Waals surface area contributed by atoms with Gasteiger partial charge in [-0.05, 0) is 76.2 Å². The van der Waals surface area contributed by atoms with Crippen LogP contribution in [0.5, 0.6) is 17.2 Å². The van der Waals surface area contributed by atoms with Crippen LogP contribution in [0.25, 0.3) is 6.08 Å². The molecule has 3 rings (SSSR count). The minimum absolute atomic E-state index is 0.224. The Bertz CT molecular complexity index is 992. The number of hydrogen-bond donors (Lipinski definition) is 1. The van der Waals surface area contributed by atoms with E-state index in [-0.39, 0.29) is 5.91 Å². The van der Waals surface area contributed by atoms with Crippen LogP contribution in [-0.4, -0.2) is 20.1 Å². The topological polar surface area (TPSA) is 56.8 Å². The summed E-state index contributed by atoms with van der Waals surface area (Å²) in [6.45, 7) is 0.390. The first-order chi connectivity index (χ1) is 14.6. The third-order valence-corrected chi connectivity index (χ3v) is 4.97. The molecule has 3 aromatic carbocycles. The molecule has 0 aliphatic carbocycles. The summed E-state index contributed by atoms with van der Waals surface area (Å²) in [6.07, 6.45) is 3.17. The molecule has 0 spiro atoms. The van der Waals surface area contributed by atoms with Gasteiger partial charge in [0.25, 0.3) is 0 Å². The minimum Gasteiger partial charge on any atom is -0.493 e. The maximum Gasteiger partial charge on any atom is 0.248 e. The summed E-state index contributed by atoms with van der Waals surface area (Å²) in [5.74, 6) is 1.36. The average Bonchev–Trinajstić information content (AvgIpc) is 2.78. The molecule has 0 aromatic heterocycles. The number of rotatable bonds is 8. The SMILES string of the molecule is COc1cc(C=CC(=O)Nc2ccc(I)cc2)cc(OC)c1OCc1ccccc1. The Morgan fingerprint density at radius 2 is 1.60 bits per heavy atom. The van der Waals surface area contributed by atoms with Crippen LogP contribution >= 0.6 is 22.6 Å². The van der Waals surface area contributed by atoms with Gasteiger partial charge in [-0.2, -0.15) is 0 Å². The first-order valence-corrected chi connectivity index (χ1v) is 10.3. The zero-order valence-corrected chi connectivity index (χ0v) is 18.9. The molecule has 3 aromatic rings. The number of anilines is 1. The zero-order chi connectivity index (χ0) is 21.3. The van der Waals surface area contributed by atoms with E-state index in [4.69, 9.17) is 14.2 Å². The summed E-state index contributed by atoms with van der Waals surface area (Å²) in [6, 6.07) is 21.1. The molecule has 0 heterocycles. The predicted molar refractivity (Wildman–Crippen MR) is 127 cm³/mol. The van der Waals surface area contributed by atoms with Gasteiger partial charge in [0.1, 0.15) is 6.61 Å². The van der Waals surface area contributed by atoms with Crippen LogP contribution < -0.4 is 19.5 Å². The van der Waals surface area contributed by atoms with Crippen LogP contribution in [0.4, 0.5) is 5.69 Å². The van der Waals surface area contributed by atoms with Crippen molar-refractivity contribution in [2.24, 2.45) is 0 Å². The maximum atomic E-state index is 12.2. The van der Waals surface area contributed by atoms with Crippen LogP contribution in [0.15, 0.2) is 72.8 Å². The minimum atomic E-state index is -0.224. The standard InChI is InChI=1S/C24H22INO4/c1-28-21-14-18(8-13-23(27)26-20-11-9-19(25)10-12-20)15-22(29-2)24(21)30-16-17-6-4-3-5-7-17/h3-15H,16H2,1-2H3,(H,26,27). The molecule has 0 unspecified atom stereocenters. The summed E-state index contributed by atoms with van der Waals surface area (Å²) in [4.78, 5) is 12.2. The van der Waals surface area contributed by atoms with Crippen molar-refractivity contribution in [2.75, 3.05) is 19.5 Å². The van der Waals surface area contributed by atoms with Crippen molar-refractivity contribution >= 4 is 40.3 Å². The van der Waals surface area contributed by atoms with Crippen LogP contribution in [0.3, 0.4) is 0 Å². The van der Waals surface area contributed by atoms with E-state index in [0.717, 1.165) is 20.4 Å². The molecule has 0 saturated heterocycles. The highest BCUT2D eigenvalue weighted by Gasteiger charge is 2.14. The Hall–Kier alpha value is -3.00. The number of methoxy groups -OCH3 is 2. The number of halogens is 1. The number of carbonyl (C=O) groups excluding carboxylic acids is 1. The Balaban J connectivity index is 1.74. The van der Waals surface area contributed by atoms with Crippen LogP contribution in [0.1, 0.15) is 11.1 Å². The largest absolute Gasteiger partial charge is 0.493 e. The van der Waals surface area contributed by atoms with Gasteiger partial charge in [0.2, 0.25) is 11.7 Å². The third kappa shape index (κ3) is 6.00. The predicted octanol–water partition coefficient (Wildman–Crippen LogP) is 5.54. The smallest absolute Gasteiger partial charge is 0.248 e. The van der Waals surface area contributed by atoms with Gasteiger partial charge in [-0.15, -0.1) is 0 Å². The molecule has 154 valence electrons. The molecule has 0 bridgehead atoms. The monoisotopic (exact) mass is 515 g/mol. The van der Waals surface area contributed by atoms with Crippen molar-refractivity contribution in [1.29, 1.82) is 0 Å². The van der Waals surface area contributed by atoms with Gasteiger partial charge in [0.05, 0.1) is 14.2 Å². The van der Waals surface area contributed by atoms with E-state index < -0.39 is 0 Å². The molecular weight excluding hydrogens is 493 g/mol. The second-order valence-electron chi connectivity index (χ2n) is 6.36. The van der Waals surface area contributed by atoms with Crippen molar-refractivity contribution in [1.82, 2.24) is 0 Å². The number of amides is 1. The van der Waals surface area contributed by atoms with Gasteiger partial charge in [0, 0.05) is 15.3 Å². The lowest BCUT2D eigenvalue weighted by molar-refractivity contribution is -0.111. The molecular formula is C24H22INO4. The Labute approximate surface area is 189 Å². The van der Waals surface area contributed by atoms with Crippen molar-refractivity contribution in [3.05, 3.63) is 87.5 Å². The van der Waals surface area contributed by atoms with Crippen LogP contribution in [0.2, 0.25) is 0 Å². The molecule has 5 nitrogen and oxygen atoms in total. The van der Waals surface area contributed by atoms with E-state index in [1.807, 2.05) is 54.6 Å². The second-order valence-corrected chi connectivity index (χ2v) is 7.60. The summed E-state index contributed by atoms with van der Waals surface area (Å²) in [5, 5.41) is 2.83. The lowest BCUT2D eigenvalue weighted by Gasteiger charge is -2.15. The molecule has 0 saturated carbocycles. The van der Waals surface area contributed by atoms with Gasteiger partial charge in [-0.1, -0.05) is 30.3 Å². The maximum absolute atomic E-state index is 12.2. The fraction of sp³-hybridized carbons (Fsp3) is 0.125. The fourth-order valence-corrected chi connectivity index (χ4v) is 3.12. The third-order valence-electron chi connectivity index (χ3n) is 4.25. The Morgan fingerprint density at radius 3 is 2.20 bits per heavy atom. The number of carbonyl (C=O) groups is 1. The first-order valence-electron chi connectivity index (χ1n) is 9.26. The number of nitrogens with one attached hydrogen (secondary N) is 1. The Kier molecular flexibility index (Phi) is 7.73. The average molecular weight is 515 g/mol. The van der Waals surface area contributed by atoms with E-state index in [2.05, 4.69) is 27.9 Å². The van der Waals surface area contributed by atoms with Crippen molar-refractivity contribution in [3.63, 3.8) is 0 Å². The normalized spacial score (nSPS) is 10.6. The zero-order valence-electron chi connectivity index (χ0n) is 16.7. The quantitative estimate of drug-likeness (QED) is 0.316. The fourth-order valence-electron chi connectivity index (χ4n) is 2.76. The molecule has 6 heteroatoms. The second kappa shape index (κ2) is 10.7. The van der Waals surface area contributed by atoms with Gasteiger partial charge in [-0.25, -0.2) is 0 Å². The van der Waals surface area contributed by atoms with E-state index in [0.29, 0.717) is 23.9 Å². The van der Waals surface area contributed by atoms with E-state index in [1.165, 1.54) is 6.08 Å². The highest BCUT2D eigenvalue weighted by Crippen LogP contribution is 2.39. The van der Waals surface area contributed by atoms with Crippen molar-refractivity contribution < 1.29 is 19.0 Å². The van der Waals surface area contributed by atoms with Crippen LogP contribution in [0, 0.1) is 3.57 Å². The molecule has 0 radical (unpaired) electrons. The van der Waals surface area contributed by atoms with Crippen molar-refractivity contribution in [2.45, 2.75) is 6.61 Å². The summed E-state index contributed by atoms with van der Waals surface area (Å²) in [5.41, 5.74) is 2.54. The molecule has 1 amide bonds. The van der Waals surface area contributed by atoms with Crippen molar-refractivity contribution in [3.8, 4) is 17.2 Å². The molecule has 1 N–H and O–H groups in total. The summed E-state index contributed by atoms with van der Waals surface area (Å²) >= 11 is 2.22. The molecule has 30 heavy (non-hydrogen) atoms. The van der Waals surface area contributed by atoms with Crippen LogP contribution in [-0.2, 0) is 11.4 Å². The molecule has 0 fully saturated rings. The van der Waals surface area contributed by atoms with E-state index in [1.54, 1.807) is 32.4 Å². The van der Waals surface area contributed by atoms with Gasteiger partial charge >= 0.3 is 0 Å². The highest BCUT2D eigenvalue weighted by atomic mass is 127. The van der Waals surface area contributed by atoms with E-state index in [9.17, 15) is 4.79 Å². The lowest BCUT2D eigenvalue weighted by Crippen LogP contribution is -2.07. The van der Waals surface area contributed by atoms with Gasteiger partial charge in [0.15, 0.2) is 11.5 Å². The first kappa shape index (κ1) is 21.7. The Morgan fingerprint density at radius 1 is 0.967 bits per heavy atom. The summed E-state index contributed by atoms with van der Waals surface area (Å²) < 4.78 is 18.0. The highest BCUT2D eigenvalue weighted by molar-refractivity contribution is 14.1. The van der Waals surface area contributed by atoms with E-state index >= 15 is 0 Å². The lowest BCUT2D eigenvalue weighted by atomic mass is 10.1. The molecule has 0 aliphatic heterocycles. The number of ether oxygens (including phenoxy) is 3. The number of hydrogen-bond acceptors (Lipinski definition) is 4. The summed E-state index contributed by atoms with van der Waals surface area (Å²) in [7, 11) is 3.14.